The maximum atomic E-state index is 12.1. The average molecular weight is 316 g/mol. The maximum absolute atomic E-state index is 12.1. The number of carbonyl (C=O) groups excluding carboxylic acids is 2. The molecule has 1 aliphatic carbocycles. The van der Waals surface area contributed by atoms with Crippen LogP contribution in [0.5, 0.6) is 0 Å². The monoisotopic (exact) mass is 316 g/mol. The number of amides is 2. The summed E-state index contributed by atoms with van der Waals surface area (Å²) in [6.45, 7) is 1.93. The number of hydrogen-bond donors (Lipinski definition) is 2. The van der Waals surface area contributed by atoms with Crippen LogP contribution < -0.4 is 10.6 Å². The van der Waals surface area contributed by atoms with E-state index in [2.05, 4.69) is 20.8 Å². The number of benzene rings is 1. The topological polar surface area (TPSA) is 84.0 Å². The molecule has 0 atom stereocenters. The van der Waals surface area contributed by atoms with Crippen molar-refractivity contribution in [1.29, 1.82) is 0 Å². The van der Waals surface area contributed by atoms with Crippen molar-refractivity contribution in [3.05, 3.63) is 40.4 Å². The largest absolute Gasteiger partial charge is 0.352 e. The van der Waals surface area contributed by atoms with E-state index in [1.807, 2.05) is 12.1 Å². The van der Waals surface area contributed by atoms with Gasteiger partial charge >= 0.3 is 0 Å². The third-order valence-electron chi connectivity index (χ3n) is 3.35. The van der Waals surface area contributed by atoms with Gasteiger partial charge in [-0.15, -0.1) is 10.2 Å². The Morgan fingerprint density at radius 3 is 2.59 bits per heavy atom. The summed E-state index contributed by atoms with van der Waals surface area (Å²) in [6.07, 6.45) is 2.33. The first-order valence-corrected chi connectivity index (χ1v) is 7.91. The predicted molar refractivity (Wildman–Crippen MR) is 83.8 cm³/mol. The van der Waals surface area contributed by atoms with Crippen LogP contribution in [0.4, 0.5) is 5.13 Å². The van der Waals surface area contributed by atoms with Gasteiger partial charge in [0.15, 0.2) is 0 Å². The molecule has 1 heterocycles. The Labute approximate surface area is 132 Å². The Hall–Kier alpha value is -2.28. The normalized spacial score (nSPS) is 13.7. The second kappa shape index (κ2) is 6.23. The Kier molecular flexibility index (Phi) is 4.15. The Balaban J connectivity index is 1.60. The molecular weight excluding hydrogens is 300 g/mol. The molecule has 0 spiro atoms. The van der Waals surface area contributed by atoms with Crippen molar-refractivity contribution < 1.29 is 9.59 Å². The highest BCUT2D eigenvalue weighted by atomic mass is 32.1. The second-order valence-electron chi connectivity index (χ2n) is 5.28. The molecule has 3 rings (SSSR count). The molecule has 1 fully saturated rings. The molecule has 0 aliphatic heterocycles. The van der Waals surface area contributed by atoms with Gasteiger partial charge in [0, 0.05) is 24.9 Å². The molecule has 2 amide bonds. The van der Waals surface area contributed by atoms with Gasteiger partial charge in [0.05, 0.1) is 0 Å². The summed E-state index contributed by atoms with van der Waals surface area (Å²) in [4.78, 5) is 23.0. The van der Waals surface area contributed by atoms with Crippen LogP contribution in [0.2, 0.25) is 0 Å². The zero-order valence-electron chi connectivity index (χ0n) is 12.1. The molecule has 1 aliphatic rings. The molecule has 22 heavy (non-hydrogen) atoms. The van der Waals surface area contributed by atoms with Crippen molar-refractivity contribution in [2.45, 2.75) is 32.2 Å². The van der Waals surface area contributed by atoms with Crippen molar-refractivity contribution in [3.63, 3.8) is 0 Å². The minimum Gasteiger partial charge on any atom is -0.352 e. The van der Waals surface area contributed by atoms with E-state index in [-0.39, 0.29) is 11.8 Å². The van der Waals surface area contributed by atoms with Gasteiger partial charge in [-0.3, -0.25) is 14.9 Å². The van der Waals surface area contributed by atoms with E-state index in [1.54, 1.807) is 12.1 Å². The number of hydrogen-bond acceptors (Lipinski definition) is 5. The Bertz CT molecular complexity index is 692. The van der Waals surface area contributed by atoms with Crippen LogP contribution in [0.15, 0.2) is 24.3 Å². The summed E-state index contributed by atoms with van der Waals surface area (Å²) >= 11 is 1.44. The van der Waals surface area contributed by atoms with Gasteiger partial charge in [-0.1, -0.05) is 23.5 Å². The minimum atomic E-state index is -0.204. The van der Waals surface area contributed by atoms with Gasteiger partial charge in [0.2, 0.25) is 11.0 Å². The average Bonchev–Trinajstić information content (AvgIpc) is 3.26. The lowest BCUT2D eigenvalue weighted by atomic mass is 10.1. The third kappa shape index (κ3) is 3.67. The molecule has 0 saturated heterocycles. The predicted octanol–water partition coefficient (Wildman–Crippen LogP) is 2.30. The highest BCUT2D eigenvalue weighted by molar-refractivity contribution is 7.15. The number of anilines is 1. The highest BCUT2D eigenvalue weighted by Gasteiger charge is 2.27. The van der Waals surface area contributed by atoms with E-state index >= 15 is 0 Å². The molecule has 1 saturated carbocycles. The molecule has 0 radical (unpaired) electrons. The molecule has 0 bridgehead atoms. The van der Waals surface area contributed by atoms with E-state index in [0.717, 1.165) is 10.6 Å². The fraction of sp³-hybridized carbons (Fsp3) is 0.333. The maximum Gasteiger partial charge on any atom is 0.257 e. The van der Waals surface area contributed by atoms with Crippen LogP contribution in [0, 0.1) is 0 Å². The lowest BCUT2D eigenvalue weighted by Crippen LogP contribution is -2.19. The second-order valence-corrected chi connectivity index (χ2v) is 6.29. The molecule has 7 heteroatoms. The number of rotatable bonds is 5. The summed E-state index contributed by atoms with van der Waals surface area (Å²) in [5.41, 5.74) is 1.49. The molecule has 0 unspecified atom stereocenters. The van der Waals surface area contributed by atoms with E-state index in [1.165, 1.54) is 31.1 Å². The lowest BCUT2D eigenvalue weighted by molar-refractivity contribution is -0.119. The first kappa shape index (κ1) is 14.6. The molecule has 2 aromatic rings. The Morgan fingerprint density at radius 1 is 1.23 bits per heavy atom. The first-order valence-electron chi connectivity index (χ1n) is 7.10. The molecular formula is C15H16N4O2S. The third-order valence-corrected chi connectivity index (χ3v) is 4.35. The van der Waals surface area contributed by atoms with Crippen LogP contribution in [-0.4, -0.2) is 22.0 Å². The van der Waals surface area contributed by atoms with Crippen molar-refractivity contribution in [3.8, 4) is 0 Å². The zero-order chi connectivity index (χ0) is 15.5. The van der Waals surface area contributed by atoms with Crippen molar-refractivity contribution in [2.75, 3.05) is 5.32 Å². The minimum absolute atomic E-state index is 0.0791. The van der Waals surface area contributed by atoms with Gasteiger partial charge in [0.1, 0.15) is 5.01 Å². The van der Waals surface area contributed by atoms with Crippen LogP contribution in [0.3, 0.4) is 0 Å². The molecule has 1 aromatic carbocycles. The van der Waals surface area contributed by atoms with Crippen molar-refractivity contribution in [1.82, 2.24) is 15.5 Å². The number of carbonyl (C=O) groups is 2. The van der Waals surface area contributed by atoms with Crippen molar-refractivity contribution >= 4 is 28.3 Å². The number of nitrogens with zero attached hydrogens (tertiary/aromatic N) is 2. The fourth-order valence-electron chi connectivity index (χ4n) is 1.95. The van der Waals surface area contributed by atoms with Gasteiger partial charge in [-0.05, 0) is 30.5 Å². The van der Waals surface area contributed by atoms with Crippen LogP contribution in [0.25, 0.3) is 0 Å². The van der Waals surface area contributed by atoms with E-state index in [0.29, 0.717) is 23.2 Å². The Morgan fingerprint density at radius 2 is 1.95 bits per heavy atom. The van der Waals surface area contributed by atoms with Crippen LogP contribution in [-0.2, 0) is 11.3 Å². The van der Waals surface area contributed by atoms with Gasteiger partial charge in [-0.25, -0.2) is 0 Å². The summed E-state index contributed by atoms with van der Waals surface area (Å²) in [7, 11) is 0. The molecule has 2 N–H and O–H groups in total. The van der Waals surface area contributed by atoms with Gasteiger partial charge < -0.3 is 5.32 Å². The van der Waals surface area contributed by atoms with Gasteiger partial charge in [-0.2, -0.15) is 0 Å². The van der Waals surface area contributed by atoms with Crippen LogP contribution >= 0.6 is 11.3 Å². The quantitative estimate of drug-likeness (QED) is 0.886. The molecule has 1 aromatic heterocycles. The SMILES string of the molecule is CC(=O)NCc1ccc(C(=O)Nc2nnc(C3CC3)s2)cc1. The lowest BCUT2D eigenvalue weighted by Gasteiger charge is -2.04. The summed E-state index contributed by atoms with van der Waals surface area (Å²) < 4.78 is 0. The summed E-state index contributed by atoms with van der Waals surface area (Å²) in [5.74, 6) is 0.255. The van der Waals surface area contributed by atoms with E-state index in [4.69, 9.17) is 0 Å². The van der Waals surface area contributed by atoms with Crippen LogP contribution in [0.1, 0.15) is 46.6 Å². The fourth-order valence-corrected chi connectivity index (χ4v) is 2.86. The molecule has 114 valence electrons. The zero-order valence-corrected chi connectivity index (χ0v) is 12.9. The summed E-state index contributed by atoms with van der Waals surface area (Å²) in [5, 5.41) is 15.1. The van der Waals surface area contributed by atoms with E-state index in [9.17, 15) is 9.59 Å². The smallest absolute Gasteiger partial charge is 0.257 e. The number of aromatic nitrogens is 2. The number of nitrogens with one attached hydrogen (secondary N) is 2. The summed E-state index contributed by atoms with van der Waals surface area (Å²) in [6, 6.07) is 7.10. The standard InChI is InChI=1S/C15H16N4O2S/c1-9(20)16-8-10-2-4-11(5-3-10)13(21)17-15-19-18-14(22-15)12-6-7-12/h2-5,12H,6-8H2,1H3,(H,16,20)(H,17,19,21). The highest BCUT2D eigenvalue weighted by Crippen LogP contribution is 2.42. The van der Waals surface area contributed by atoms with E-state index < -0.39 is 0 Å². The first-order chi connectivity index (χ1) is 10.6. The van der Waals surface area contributed by atoms with Gasteiger partial charge in [0.25, 0.3) is 5.91 Å². The van der Waals surface area contributed by atoms with Crippen molar-refractivity contribution in [2.24, 2.45) is 0 Å². The molecule has 6 nitrogen and oxygen atoms in total.